The van der Waals surface area contributed by atoms with Crippen molar-refractivity contribution in [2.24, 2.45) is 25.0 Å². The monoisotopic (exact) mass is 1450 g/mol. The molecule has 0 N–H and O–H groups in total. The van der Waals surface area contributed by atoms with Crippen molar-refractivity contribution < 1.29 is 56.8 Å². The second-order valence-corrected chi connectivity index (χ2v) is 24.7. The van der Waals surface area contributed by atoms with E-state index in [9.17, 15) is 0 Å². The largest absolute Gasteiger partial charge is 0.497 e. The highest BCUT2D eigenvalue weighted by Gasteiger charge is 2.20. The summed E-state index contributed by atoms with van der Waals surface area (Å²) < 4.78 is 63.1. The molecule has 0 aromatic heterocycles. The lowest BCUT2D eigenvalue weighted by Crippen LogP contribution is -2.16. The smallest absolute Gasteiger partial charge is 0.128 e. The SMILES string of the molecule is COc1ccc(N=C(C)c2ccc(OC)cc2)cc1.COc1ccc(N=C(c2ccc(OC)cc2)c2ccc(OC)cc2)cc1.COc1ccc(N=C2CCCc3cc(OC)ccc32)cc1.COc1ccc(N=C2CCCc3ccc(OC)cc32)cc1.COc1ccc(N=C2CCOc3ccc(OC)cc32)cc1. The van der Waals surface area contributed by atoms with Crippen molar-refractivity contribution in [3.8, 4) is 69.0 Å². The average molecular weight is 1450 g/mol. The van der Waals surface area contributed by atoms with Crippen LogP contribution in [0.2, 0.25) is 0 Å². The van der Waals surface area contributed by atoms with E-state index in [0.717, 1.165) is 193 Å². The Balaban J connectivity index is 0.000000145. The molecule has 2 aliphatic carbocycles. The number of hydrogen-bond acceptors (Lipinski definition) is 17. The zero-order chi connectivity index (χ0) is 76.0. The molecule has 108 heavy (non-hydrogen) atoms. The van der Waals surface area contributed by atoms with Gasteiger partial charge in [0, 0.05) is 45.8 Å². The summed E-state index contributed by atoms with van der Waals surface area (Å²) in [7, 11) is 18.3. The molecule has 17 heteroatoms. The second-order valence-electron chi connectivity index (χ2n) is 24.7. The van der Waals surface area contributed by atoms with Crippen LogP contribution >= 0.6 is 0 Å². The Morgan fingerprint density at radius 2 is 0.565 bits per heavy atom. The highest BCUT2D eigenvalue weighted by atomic mass is 16.5. The maximum absolute atomic E-state index is 5.67. The lowest BCUT2D eigenvalue weighted by Gasteiger charge is -2.19. The number of fused-ring (bicyclic) bond motifs is 3. The van der Waals surface area contributed by atoms with Gasteiger partial charge in [-0.1, -0.05) is 6.07 Å². The van der Waals surface area contributed by atoms with Crippen molar-refractivity contribution in [2.45, 2.75) is 51.9 Å². The van der Waals surface area contributed by atoms with Gasteiger partial charge < -0.3 is 56.8 Å². The van der Waals surface area contributed by atoms with Gasteiger partial charge in [0.05, 0.1) is 125 Å². The first-order valence-electron chi connectivity index (χ1n) is 35.5. The first-order chi connectivity index (χ1) is 52.8. The molecule has 0 radical (unpaired) electrons. The molecule has 1 heterocycles. The van der Waals surface area contributed by atoms with Gasteiger partial charge in [-0.2, -0.15) is 0 Å². The summed E-state index contributed by atoms with van der Waals surface area (Å²) in [6.07, 6.45) is 7.29. The highest BCUT2D eigenvalue weighted by molar-refractivity contribution is 6.14. The molecule has 0 atom stereocenters. The Labute approximate surface area is 634 Å². The minimum absolute atomic E-state index is 0.647. The fourth-order valence-electron chi connectivity index (χ4n) is 12.0. The summed E-state index contributed by atoms with van der Waals surface area (Å²) in [6, 6.07) is 80.7. The van der Waals surface area contributed by atoms with Crippen LogP contribution in [0, 0.1) is 0 Å². The van der Waals surface area contributed by atoms with Crippen LogP contribution in [0.3, 0.4) is 0 Å². The predicted molar refractivity (Wildman–Crippen MR) is 435 cm³/mol. The van der Waals surface area contributed by atoms with Crippen LogP contribution in [-0.2, 0) is 12.8 Å². The zero-order valence-corrected chi connectivity index (χ0v) is 63.5. The van der Waals surface area contributed by atoms with E-state index in [-0.39, 0.29) is 0 Å². The second kappa shape index (κ2) is 40.0. The van der Waals surface area contributed by atoms with Crippen LogP contribution in [0.25, 0.3) is 0 Å². The quantitative estimate of drug-likeness (QED) is 0.0702. The van der Waals surface area contributed by atoms with Gasteiger partial charge in [-0.15, -0.1) is 0 Å². The molecule has 0 saturated carbocycles. The number of hydrogen-bond donors (Lipinski definition) is 0. The molecule has 3 aliphatic rings. The molecule has 0 amide bonds. The van der Waals surface area contributed by atoms with Crippen LogP contribution < -0.4 is 56.8 Å². The molecular weight excluding hydrogens is 1360 g/mol. The van der Waals surface area contributed by atoms with Crippen LogP contribution in [0.4, 0.5) is 28.4 Å². The van der Waals surface area contributed by atoms with E-state index in [0.29, 0.717) is 6.61 Å². The van der Waals surface area contributed by atoms with Crippen molar-refractivity contribution in [3.05, 3.63) is 293 Å². The van der Waals surface area contributed by atoms with Crippen molar-refractivity contribution in [1.82, 2.24) is 0 Å². The van der Waals surface area contributed by atoms with Gasteiger partial charge in [0.1, 0.15) is 69.0 Å². The lowest BCUT2D eigenvalue weighted by atomic mass is 9.90. The molecule has 0 spiro atoms. The normalized spacial score (nSPS) is 13.4. The lowest BCUT2D eigenvalue weighted by molar-refractivity contribution is 0.319. The van der Waals surface area contributed by atoms with Crippen LogP contribution in [0.15, 0.2) is 274 Å². The maximum atomic E-state index is 5.67. The minimum atomic E-state index is 0.647. The van der Waals surface area contributed by atoms with E-state index < -0.39 is 0 Å². The van der Waals surface area contributed by atoms with E-state index in [4.69, 9.17) is 76.8 Å². The molecule has 0 fully saturated rings. The summed E-state index contributed by atoms with van der Waals surface area (Å²) >= 11 is 0. The maximum Gasteiger partial charge on any atom is 0.128 e. The number of aryl methyl sites for hydroxylation is 2. The van der Waals surface area contributed by atoms with E-state index in [1.54, 1.807) is 78.2 Å². The first kappa shape index (κ1) is 78.0. The van der Waals surface area contributed by atoms with E-state index in [1.165, 1.54) is 22.3 Å². The van der Waals surface area contributed by atoms with E-state index in [2.05, 4.69) is 29.3 Å². The average Bonchev–Trinajstić information content (AvgIpc) is 0.822. The highest BCUT2D eigenvalue weighted by Crippen LogP contribution is 2.34. The van der Waals surface area contributed by atoms with Crippen LogP contribution in [-0.4, -0.2) is 113 Å². The molecule has 1 aliphatic heterocycles. The Bertz CT molecular complexity index is 4660. The molecule has 17 nitrogen and oxygen atoms in total. The van der Waals surface area contributed by atoms with Crippen molar-refractivity contribution in [1.29, 1.82) is 0 Å². The number of methoxy groups -OCH3 is 11. The summed E-state index contributed by atoms with van der Waals surface area (Å²) in [4.78, 5) is 23.8. The van der Waals surface area contributed by atoms with Gasteiger partial charge in [0.25, 0.3) is 0 Å². The van der Waals surface area contributed by atoms with Crippen molar-refractivity contribution >= 4 is 57.0 Å². The number of aliphatic imine (C=N–C) groups is 5. The third kappa shape index (κ3) is 22.0. The molecule has 0 unspecified atom stereocenters. The van der Waals surface area contributed by atoms with Crippen LogP contribution in [0.1, 0.15) is 83.5 Å². The Kier molecular flexibility index (Phi) is 28.9. The van der Waals surface area contributed by atoms with Crippen LogP contribution in [0.5, 0.6) is 69.0 Å². The predicted octanol–water partition coefficient (Wildman–Crippen LogP) is 20.7. The third-order valence-electron chi connectivity index (χ3n) is 18.0. The molecular formula is C91H93N5O12. The van der Waals surface area contributed by atoms with Gasteiger partial charge in [0.15, 0.2) is 0 Å². The Morgan fingerprint density at radius 1 is 0.259 bits per heavy atom. The molecule has 14 rings (SSSR count). The zero-order valence-electron chi connectivity index (χ0n) is 63.5. The number of nitrogens with zero attached hydrogens (tertiary/aromatic N) is 5. The van der Waals surface area contributed by atoms with Gasteiger partial charge in [0.2, 0.25) is 0 Å². The standard InChI is InChI=1S/C22H21NO3.2C18H19NO2.C17H17NO3.C16H17NO2/c1-24-19-10-4-16(5-11-19)22(17-6-12-20(25-2)13-7-17)23-18-8-14-21(26-3)15-9-18;1-20-15-10-7-14(8-11-15)19-18-5-3-4-13-6-9-16(21-2)12-17(13)18;1-20-15-8-6-14(7-9-15)19-18-5-3-4-13-12-16(21-2)10-11-17(13)18;1-19-13-5-3-12(4-6-13)18-16-9-10-21-17-8-7-14(20-2)11-15(16)17;1-12(13-4-8-15(18-2)9-5-13)17-14-6-10-16(19-3)11-7-14/h4-15H,1-3H3;2*6-12H,3-5H2,1-2H3;3-8,11H,9-10H2,1-2H3;4-11H,1-3H3. The Hall–Kier alpha value is -12.6. The van der Waals surface area contributed by atoms with Gasteiger partial charge in [-0.05, 0) is 310 Å². The fraction of sp³-hybridized carbons (Fsp3) is 0.220. The van der Waals surface area contributed by atoms with Gasteiger partial charge in [-0.3, -0.25) is 20.0 Å². The summed E-state index contributed by atoms with van der Waals surface area (Å²) in [5.74, 6) is 10.1. The fourth-order valence-corrected chi connectivity index (χ4v) is 12.0. The molecule has 11 aromatic rings. The first-order valence-corrected chi connectivity index (χ1v) is 35.5. The van der Waals surface area contributed by atoms with Gasteiger partial charge in [-0.25, -0.2) is 4.99 Å². The van der Waals surface area contributed by atoms with E-state index in [1.807, 2.05) is 231 Å². The third-order valence-corrected chi connectivity index (χ3v) is 18.0. The topological polar surface area (TPSA) is 173 Å². The summed E-state index contributed by atoms with van der Waals surface area (Å²) in [5, 5.41) is 0. The molecule has 0 saturated heterocycles. The number of ether oxygens (including phenoxy) is 12. The molecule has 0 bridgehead atoms. The Morgan fingerprint density at radius 3 is 0.972 bits per heavy atom. The summed E-state index contributed by atoms with van der Waals surface area (Å²) in [5.41, 5.74) is 19.0. The van der Waals surface area contributed by atoms with Gasteiger partial charge >= 0.3 is 0 Å². The van der Waals surface area contributed by atoms with E-state index >= 15 is 0 Å². The summed E-state index contributed by atoms with van der Waals surface area (Å²) in [6.45, 7) is 2.64. The number of benzene rings is 11. The van der Waals surface area contributed by atoms with Crippen molar-refractivity contribution in [3.63, 3.8) is 0 Å². The van der Waals surface area contributed by atoms with Crippen molar-refractivity contribution in [2.75, 3.05) is 84.8 Å². The molecule has 11 aromatic carbocycles. The number of rotatable bonds is 19. The molecule has 554 valence electrons. The minimum Gasteiger partial charge on any atom is -0.497 e.